The van der Waals surface area contributed by atoms with Gasteiger partial charge in [0.25, 0.3) is 0 Å². The standard InChI is InChI=1S/C19H27N3O2/c1-12(2)19(20-11-16-13(3)21-22(5)14(16)4)15-6-7-17-18(10-15)24-9-8-23-17/h6-7,10,12,19-20H,8-9,11H2,1-5H3/t19-/m1/s1. The van der Waals surface area contributed by atoms with Gasteiger partial charge in [-0.3, -0.25) is 4.68 Å². The number of hydrogen-bond acceptors (Lipinski definition) is 4. The molecule has 1 atom stereocenters. The van der Waals surface area contributed by atoms with Crippen LogP contribution in [0.15, 0.2) is 18.2 Å². The van der Waals surface area contributed by atoms with Gasteiger partial charge in [-0.25, -0.2) is 0 Å². The van der Waals surface area contributed by atoms with Crippen LogP contribution in [0.3, 0.4) is 0 Å². The molecule has 1 aromatic carbocycles. The summed E-state index contributed by atoms with van der Waals surface area (Å²) in [7, 11) is 1.99. The summed E-state index contributed by atoms with van der Waals surface area (Å²) in [4.78, 5) is 0. The number of benzene rings is 1. The highest BCUT2D eigenvalue weighted by Crippen LogP contribution is 2.34. The average molecular weight is 329 g/mol. The minimum absolute atomic E-state index is 0.250. The molecule has 1 aliphatic heterocycles. The minimum atomic E-state index is 0.250. The van der Waals surface area contributed by atoms with Gasteiger partial charge in [0, 0.05) is 30.9 Å². The summed E-state index contributed by atoms with van der Waals surface area (Å²) in [6.07, 6.45) is 0. The largest absolute Gasteiger partial charge is 0.486 e. The number of aryl methyl sites for hydroxylation is 2. The molecule has 0 unspecified atom stereocenters. The Morgan fingerprint density at radius 1 is 1.17 bits per heavy atom. The molecule has 0 saturated carbocycles. The van der Waals surface area contributed by atoms with E-state index in [0.29, 0.717) is 19.1 Å². The van der Waals surface area contributed by atoms with Crippen LogP contribution in [0, 0.1) is 19.8 Å². The lowest BCUT2D eigenvalue weighted by atomic mass is 9.95. The molecule has 0 aliphatic carbocycles. The van der Waals surface area contributed by atoms with Crippen molar-refractivity contribution < 1.29 is 9.47 Å². The van der Waals surface area contributed by atoms with E-state index in [2.05, 4.69) is 50.2 Å². The Hall–Kier alpha value is -2.01. The molecule has 3 rings (SSSR count). The lowest BCUT2D eigenvalue weighted by Crippen LogP contribution is -2.26. The zero-order chi connectivity index (χ0) is 17.3. The third kappa shape index (κ3) is 3.26. The second-order valence-corrected chi connectivity index (χ2v) is 6.78. The first-order chi connectivity index (χ1) is 11.5. The molecular weight excluding hydrogens is 302 g/mol. The molecule has 1 aromatic heterocycles. The first-order valence-corrected chi connectivity index (χ1v) is 8.59. The van der Waals surface area contributed by atoms with Gasteiger partial charge in [-0.15, -0.1) is 0 Å². The first-order valence-electron chi connectivity index (χ1n) is 8.59. The molecule has 0 bridgehead atoms. The number of aromatic nitrogens is 2. The first kappa shape index (κ1) is 16.8. The van der Waals surface area contributed by atoms with Gasteiger partial charge >= 0.3 is 0 Å². The predicted octanol–water partition coefficient (Wildman–Crippen LogP) is 3.30. The molecule has 0 spiro atoms. The minimum Gasteiger partial charge on any atom is -0.486 e. The fourth-order valence-corrected chi connectivity index (χ4v) is 3.28. The highest BCUT2D eigenvalue weighted by molar-refractivity contribution is 5.44. The second kappa shape index (κ2) is 6.85. The van der Waals surface area contributed by atoms with Crippen molar-refractivity contribution in [2.24, 2.45) is 13.0 Å². The molecule has 2 aromatic rings. The van der Waals surface area contributed by atoms with Crippen LogP contribution < -0.4 is 14.8 Å². The molecule has 0 saturated heterocycles. The van der Waals surface area contributed by atoms with Crippen molar-refractivity contribution in [3.8, 4) is 11.5 Å². The number of hydrogen-bond donors (Lipinski definition) is 1. The monoisotopic (exact) mass is 329 g/mol. The van der Waals surface area contributed by atoms with Gasteiger partial charge in [0.2, 0.25) is 0 Å². The highest BCUT2D eigenvalue weighted by Gasteiger charge is 2.20. The molecule has 2 heterocycles. The lowest BCUT2D eigenvalue weighted by molar-refractivity contribution is 0.171. The fraction of sp³-hybridized carbons (Fsp3) is 0.526. The average Bonchev–Trinajstić information content (AvgIpc) is 2.80. The van der Waals surface area contributed by atoms with E-state index >= 15 is 0 Å². The molecule has 5 nitrogen and oxygen atoms in total. The summed E-state index contributed by atoms with van der Waals surface area (Å²) in [5.74, 6) is 2.15. The SMILES string of the molecule is Cc1nn(C)c(C)c1CN[C@@H](c1ccc2c(c1)OCCO2)C(C)C. The normalized spacial score (nSPS) is 14.9. The van der Waals surface area contributed by atoms with Gasteiger partial charge in [0.1, 0.15) is 13.2 Å². The zero-order valence-corrected chi connectivity index (χ0v) is 15.2. The van der Waals surface area contributed by atoms with E-state index < -0.39 is 0 Å². The molecule has 24 heavy (non-hydrogen) atoms. The zero-order valence-electron chi connectivity index (χ0n) is 15.2. The molecular formula is C19H27N3O2. The summed E-state index contributed by atoms with van der Waals surface area (Å²) >= 11 is 0. The third-order valence-electron chi connectivity index (χ3n) is 4.75. The Kier molecular flexibility index (Phi) is 4.81. The molecule has 0 fully saturated rings. The topological polar surface area (TPSA) is 48.3 Å². The molecule has 0 amide bonds. The highest BCUT2D eigenvalue weighted by atomic mass is 16.6. The van der Waals surface area contributed by atoms with Crippen molar-refractivity contribution in [2.45, 2.75) is 40.3 Å². The van der Waals surface area contributed by atoms with Crippen molar-refractivity contribution in [1.82, 2.24) is 15.1 Å². The fourth-order valence-electron chi connectivity index (χ4n) is 3.28. The van der Waals surface area contributed by atoms with Gasteiger partial charge in [0.15, 0.2) is 11.5 Å². The number of rotatable bonds is 5. The van der Waals surface area contributed by atoms with E-state index in [0.717, 1.165) is 23.7 Å². The van der Waals surface area contributed by atoms with E-state index in [4.69, 9.17) is 9.47 Å². The third-order valence-corrected chi connectivity index (χ3v) is 4.75. The summed E-state index contributed by atoms with van der Waals surface area (Å²) in [6.45, 7) is 10.7. The van der Waals surface area contributed by atoms with Gasteiger partial charge < -0.3 is 14.8 Å². The van der Waals surface area contributed by atoms with Crippen molar-refractivity contribution >= 4 is 0 Å². The summed E-state index contributed by atoms with van der Waals surface area (Å²) in [5, 5.41) is 8.21. The van der Waals surface area contributed by atoms with Gasteiger partial charge in [-0.2, -0.15) is 5.10 Å². The smallest absolute Gasteiger partial charge is 0.161 e. The van der Waals surface area contributed by atoms with Gasteiger partial charge in [0.05, 0.1) is 5.69 Å². The van der Waals surface area contributed by atoms with E-state index in [9.17, 15) is 0 Å². The Morgan fingerprint density at radius 3 is 2.50 bits per heavy atom. The van der Waals surface area contributed by atoms with Gasteiger partial charge in [-0.05, 0) is 37.5 Å². The van der Waals surface area contributed by atoms with Crippen molar-refractivity contribution in [3.05, 3.63) is 40.7 Å². The predicted molar refractivity (Wildman–Crippen MR) is 94.5 cm³/mol. The maximum absolute atomic E-state index is 5.73. The maximum atomic E-state index is 5.73. The van der Waals surface area contributed by atoms with Crippen LogP contribution >= 0.6 is 0 Å². The van der Waals surface area contributed by atoms with Crippen LogP contribution in [0.2, 0.25) is 0 Å². The van der Waals surface area contributed by atoms with Gasteiger partial charge in [-0.1, -0.05) is 19.9 Å². The Balaban J connectivity index is 1.80. The number of nitrogens with one attached hydrogen (secondary N) is 1. The van der Waals surface area contributed by atoms with Crippen LogP contribution in [-0.2, 0) is 13.6 Å². The molecule has 0 radical (unpaired) electrons. The Labute approximate surface area is 144 Å². The van der Waals surface area contributed by atoms with Crippen molar-refractivity contribution in [3.63, 3.8) is 0 Å². The van der Waals surface area contributed by atoms with Crippen molar-refractivity contribution in [1.29, 1.82) is 0 Å². The molecule has 130 valence electrons. The Morgan fingerprint density at radius 2 is 1.88 bits per heavy atom. The van der Waals surface area contributed by atoms with Crippen LogP contribution in [-0.4, -0.2) is 23.0 Å². The Bertz CT molecular complexity index is 722. The van der Waals surface area contributed by atoms with E-state index in [1.807, 2.05) is 17.8 Å². The summed E-state index contributed by atoms with van der Waals surface area (Å²) in [6, 6.07) is 6.50. The van der Waals surface area contributed by atoms with Crippen LogP contribution in [0.1, 0.15) is 42.4 Å². The lowest BCUT2D eigenvalue weighted by Gasteiger charge is -2.25. The maximum Gasteiger partial charge on any atom is 0.161 e. The molecule has 1 aliphatic rings. The van der Waals surface area contributed by atoms with Crippen molar-refractivity contribution in [2.75, 3.05) is 13.2 Å². The quantitative estimate of drug-likeness (QED) is 0.914. The number of fused-ring (bicyclic) bond motifs is 1. The summed E-state index contributed by atoms with van der Waals surface area (Å²) < 4.78 is 13.3. The van der Waals surface area contributed by atoms with E-state index in [1.165, 1.54) is 16.8 Å². The number of nitrogens with zero attached hydrogens (tertiary/aromatic N) is 2. The summed E-state index contributed by atoms with van der Waals surface area (Å²) in [5.41, 5.74) is 4.81. The molecule has 5 heteroatoms. The van der Waals surface area contributed by atoms with E-state index in [1.54, 1.807) is 0 Å². The van der Waals surface area contributed by atoms with Crippen LogP contribution in [0.4, 0.5) is 0 Å². The van der Waals surface area contributed by atoms with Crippen LogP contribution in [0.25, 0.3) is 0 Å². The second-order valence-electron chi connectivity index (χ2n) is 6.78. The molecule has 1 N–H and O–H groups in total. The van der Waals surface area contributed by atoms with E-state index in [-0.39, 0.29) is 6.04 Å². The van der Waals surface area contributed by atoms with Crippen LogP contribution in [0.5, 0.6) is 11.5 Å². The number of ether oxygens (including phenoxy) is 2.